The summed E-state index contributed by atoms with van der Waals surface area (Å²) in [7, 11) is 0. The van der Waals surface area contributed by atoms with E-state index in [-0.39, 0.29) is 11.4 Å². The highest BCUT2D eigenvalue weighted by Crippen LogP contribution is 2.36. The van der Waals surface area contributed by atoms with Crippen LogP contribution in [0, 0.1) is 5.92 Å². The summed E-state index contributed by atoms with van der Waals surface area (Å²) in [5.74, 6) is 1.32. The molecule has 0 saturated heterocycles. The number of aromatic carboxylic acids is 1. The quantitative estimate of drug-likeness (QED) is 0.184. The molecule has 5 rings (SSSR count). The van der Waals surface area contributed by atoms with E-state index in [1.54, 1.807) is 23.6 Å². The van der Waals surface area contributed by atoms with Crippen LogP contribution in [0.3, 0.4) is 0 Å². The van der Waals surface area contributed by atoms with Crippen LogP contribution in [0.25, 0.3) is 21.7 Å². The number of thiophene rings is 1. The predicted molar refractivity (Wildman–Crippen MR) is 155 cm³/mol. The number of anilines is 2. The fourth-order valence-electron chi connectivity index (χ4n) is 3.93. The van der Waals surface area contributed by atoms with Crippen LogP contribution in [0.1, 0.15) is 35.5 Å². The van der Waals surface area contributed by atoms with Gasteiger partial charge in [-0.2, -0.15) is 0 Å². The van der Waals surface area contributed by atoms with Gasteiger partial charge in [0.1, 0.15) is 22.9 Å². The van der Waals surface area contributed by atoms with Crippen molar-refractivity contribution < 1.29 is 14.6 Å². The highest BCUT2D eigenvalue weighted by Gasteiger charge is 2.18. The molecule has 5 aromatic rings. The molecule has 0 atom stereocenters. The van der Waals surface area contributed by atoms with Gasteiger partial charge in [-0.1, -0.05) is 38.1 Å². The first-order chi connectivity index (χ1) is 18.5. The summed E-state index contributed by atoms with van der Waals surface area (Å²) in [4.78, 5) is 23.5. The third-order valence-corrected chi connectivity index (χ3v) is 7.85. The number of pyridine rings is 1. The number of aryl methyl sites for hydroxylation is 1. The van der Waals surface area contributed by atoms with Crippen LogP contribution in [0.5, 0.6) is 11.5 Å². The number of ether oxygens (including phenoxy) is 1. The third kappa shape index (κ3) is 6.10. The van der Waals surface area contributed by atoms with Crippen molar-refractivity contribution in [2.45, 2.75) is 26.7 Å². The molecule has 0 aliphatic heterocycles. The van der Waals surface area contributed by atoms with Crippen molar-refractivity contribution >= 4 is 39.6 Å². The van der Waals surface area contributed by atoms with E-state index in [2.05, 4.69) is 24.1 Å². The lowest BCUT2D eigenvalue weighted by Crippen LogP contribution is -2.05. The number of para-hydroxylation sites is 1. The van der Waals surface area contributed by atoms with Gasteiger partial charge in [0, 0.05) is 27.1 Å². The molecule has 2 N–H and O–H groups in total. The van der Waals surface area contributed by atoms with E-state index in [0.717, 1.165) is 50.9 Å². The van der Waals surface area contributed by atoms with Gasteiger partial charge in [-0.25, -0.2) is 14.8 Å². The molecular weight excluding hydrogens is 514 g/mol. The first-order valence-corrected chi connectivity index (χ1v) is 14.0. The molecule has 0 unspecified atom stereocenters. The molecule has 0 aliphatic carbocycles. The van der Waals surface area contributed by atoms with Crippen LogP contribution < -0.4 is 10.1 Å². The van der Waals surface area contributed by atoms with E-state index in [0.29, 0.717) is 11.0 Å². The number of nitrogens with one attached hydrogen (secondary N) is 1. The lowest BCUT2D eigenvalue weighted by Gasteiger charge is -2.08. The molecule has 38 heavy (non-hydrogen) atoms. The monoisotopic (exact) mass is 541 g/mol. The average molecular weight is 542 g/mol. The first kappa shape index (κ1) is 25.6. The molecule has 0 fully saturated rings. The number of nitrogens with zero attached hydrogens (tertiary/aromatic N) is 2. The van der Waals surface area contributed by atoms with Crippen molar-refractivity contribution in [3.05, 3.63) is 94.8 Å². The Morgan fingerprint density at radius 3 is 2.45 bits per heavy atom. The SMILES string of the molecule is CC(C)CCc1sc(Nc2ncc(-c3cccs3)cc2C(=O)O)nc1-c1ccc(Oc2ccccc2)cc1. The number of rotatable bonds is 10. The summed E-state index contributed by atoms with van der Waals surface area (Å²) in [6.45, 7) is 4.40. The zero-order chi connectivity index (χ0) is 26.5. The molecule has 0 aliphatic rings. The first-order valence-electron chi connectivity index (χ1n) is 12.3. The van der Waals surface area contributed by atoms with Gasteiger partial charge >= 0.3 is 5.97 Å². The minimum Gasteiger partial charge on any atom is -0.478 e. The number of benzene rings is 2. The summed E-state index contributed by atoms with van der Waals surface area (Å²) in [5, 5.41) is 15.6. The average Bonchev–Trinajstić information content (AvgIpc) is 3.59. The Morgan fingerprint density at radius 2 is 1.76 bits per heavy atom. The number of carbonyl (C=O) groups is 1. The van der Waals surface area contributed by atoms with E-state index >= 15 is 0 Å². The van der Waals surface area contributed by atoms with Crippen molar-refractivity contribution in [2.75, 3.05) is 5.32 Å². The number of aromatic nitrogens is 2. The zero-order valence-corrected chi connectivity index (χ0v) is 22.7. The maximum absolute atomic E-state index is 12.1. The van der Waals surface area contributed by atoms with E-state index < -0.39 is 5.97 Å². The maximum atomic E-state index is 12.1. The summed E-state index contributed by atoms with van der Waals surface area (Å²) in [6, 6.07) is 23.1. The lowest BCUT2D eigenvalue weighted by atomic mass is 10.0. The van der Waals surface area contributed by atoms with Crippen LogP contribution in [0.15, 0.2) is 84.4 Å². The van der Waals surface area contributed by atoms with Crippen LogP contribution in [-0.2, 0) is 6.42 Å². The number of carboxylic acid groups (broad SMARTS) is 1. The van der Waals surface area contributed by atoms with E-state index in [1.165, 1.54) is 11.3 Å². The Labute approximate surface area is 229 Å². The second-order valence-corrected chi connectivity index (χ2v) is 11.2. The van der Waals surface area contributed by atoms with Gasteiger partial charge in [0.05, 0.1) is 5.69 Å². The van der Waals surface area contributed by atoms with Gasteiger partial charge in [0.15, 0.2) is 5.13 Å². The molecule has 2 aromatic carbocycles. The van der Waals surface area contributed by atoms with Crippen molar-refractivity contribution in [2.24, 2.45) is 5.92 Å². The summed E-state index contributed by atoms with van der Waals surface area (Å²) in [5.41, 5.74) is 2.75. The highest BCUT2D eigenvalue weighted by atomic mass is 32.1. The van der Waals surface area contributed by atoms with Gasteiger partial charge < -0.3 is 15.2 Å². The summed E-state index contributed by atoms with van der Waals surface area (Å²) in [6.07, 6.45) is 3.60. The Hall–Kier alpha value is -4.01. The van der Waals surface area contributed by atoms with Crippen molar-refractivity contribution in [1.82, 2.24) is 9.97 Å². The number of carboxylic acids is 1. The minimum atomic E-state index is -1.04. The topological polar surface area (TPSA) is 84.3 Å². The second kappa shape index (κ2) is 11.6. The minimum absolute atomic E-state index is 0.110. The van der Waals surface area contributed by atoms with Gasteiger partial charge in [-0.15, -0.1) is 22.7 Å². The van der Waals surface area contributed by atoms with Gasteiger partial charge in [-0.05, 0) is 72.7 Å². The molecule has 3 aromatic heterocycles. The molecule has 0 spiro atoms. The Kier molecular flexibility index (Phi) is 7.81. The zero-order valence-electron chi connectivity index (χ0n) is 21.0. The van der Waals surface area contributed by atoms with E-state index in [9.17, 15) is 9.90 Å². The van der Waals surface area contributed by atoms with Crippen LogP contribution in [-0.4, -0.2) is 21.0 Å². The smallest absolute Gasteiger partial charge is 0.339 e. The summed E-state index contributed by atoms with van der Waals surface area (Å²) < 4.78 is 5.94. The molecule has 3 heterocycles. The molecule has 8 heteroatoms. The molecule has 0 saturated carbocycles. The van der Waals surface area contributed by atoms with E-state index in [4.69, 9.17) is 9.72 Å². The molecule has 192 valence electrons. The highest BCUT2D eigenvalue weighted by molar-refractivity contribution is 7.16. The largest absolute Gasteiger partial charge is 0.478 e. The molecule has 6 nitrogen and oxygen atoms in total. The Morgan fingerprint density at radius 1 is 1.00 bits per heavy atom. The van der Waals surface area contributed by atoms with Crippen LogP contribution in [0.2, 0.25) is 0 Å². The number of hydrogen-bond acceptors (Lipinski definition) is 7. The Balaban J connectivity index is 1.43. The van der Waals surface area contributed by atoms with Crippen LogP contribution in [0.4, 0.5) is 10.9 Å². The molecular formula is C30H27N3O3S2. The molecule has 0 bridgehead atoms. The lowest BCUT2D eigenvalue weighted by molar-refractivity contribution is 0.0697. The van der Waals surface area contributed by atoms with E-state index in [1.807, 2.05) is 72.1 Å². The van der Waals surface area contributed by atoms with Crippen LogP contribution >= 0.6 is 22.7 Å². The number of thiazole rings is 1. The number of hydrogen-bond donors (Lipinski definition) is 2. The third-order valence-electron chi connectivity index (χ3n) is 5.90. The summed E-state index contributed by atoms with van der Waals surface area (Å²) >= 11 is 3.08. The maximum Gasteiger partial charge on any atom is 0.339 e. The van der Waals surface area contributed by atoms with Crippen molar-refractivity contribution in [3.8, 4) is 33.2 Å². The van der Waals surface area contributed by atoms with Gasteiger partial charge in [0.2, 0.25) is 0 Å². The fourth-order valence-corrected chi connectivity index (χ4v) is 5.64. The molecule has 0 radical (unpaired) electrons. The standard InChI is InChI=1S/C30H27N3O3S2/c1-19(2)10-15-26-27(20-11-13-23(14-12-20)36-22-7-4-3-5-8-22)32-30(38-26)33-28-24(29(34)35)17-21(18-31-28)25-9-6-16-37-25/h3-9,11-14,16-19H,10,15H2,1-2H3,(H,34,35)(H,31,32,33). The van der Waals surface area contributed by atoms with Crippen molar-refractivity contribution in [1.29, 1.82) is 0 Å². The second-order valence-electron chi connectivity index (χ2n) is 9.19. The normalized spacial score (nSPS) is 11.0. The predicted octanol–water partition coefficient (Wildman–Crippen LogP) is 8.76. The van der Waals surface area contributed by atoms with Crippen molar-refractivity contribution in [3.63, 3.8) is 0 Å². The Bertz CT molecular complexity index is 1510. The fraction of sp³-hybridized carbons (Fsp3) is 0.167. The van der Waals surface area contributed by atoms with Gasteiger partial charge in [0.25, 0.3) is 0 Å². The molecule has 0 amide bonds. The van der Waals surface area contributed by atoms with Gasteiger partial charge in [-0.3, -0.25) is 0 Å².